The number of rotatable bonds is 4. The fourth-order valence-electron chi connectivity index (χ4n) is 2.28. The smallest absolute Gasteiger partial charge is 0.0972 e. The van der Waals surface area contributed by atoms with Crippen molar-refractivity contribution in [2.45, 2.75) is 32.2 Å². The lowest BCUT2D eigenvalue weighted by molar-refractivity contribution is 0.163. The summed E-state index contributed by atoms with van der Waals surface area (Å²) in [6, 6.07) is 2.47. The summed E-state index contributed by atoms with van der Waals surface area (Å²) in [6.45, 7) is 5.59. The largest absolute Gasteiger partial charge is 0.306 e. The molecule has 1 rings (SSSR count). The SMILES string of the molecule is CCC(C#N)N(C)CC1CCN(C)CC1. The summed E-state index contributed by atoms with van der Waals surface area (Å²) in [7, 11) is 4.26. The van der Waals surface area contributed by atoms with E-state index in [-0.39, 0.29) is 6.04 Å². The molecule has 1 aliphatic heterocycles. The van der Waals surface area contributed by atoms with E-state index in [4.69, 9.17) is 5.26 Å². The first-order chi connectivity index (χ1) is 7.17. The summed E-state index contributed by atoms with van der Waals surface area (Å²) < 4.78 is 0. The average molecular weight is 209 g/mol. The van der Waals surface area contributed by atoms with Gasteiger partial charge >= 0.3 is 0 Å². The standard InChI is InChI=1S/C12H23N3/c1-4-12(9-13)15(3)10-11-5-7-14(2)8-6-11/h11-12H,4-8,10H2,1-3H3. The van der Waals surface area contributed by atoms with Gasteiger partial charge in [-0.25, -0.2) is 0 Å². The van der Waals surface area contributed by atoms with Gasteiger partial charge in [0.25, 0.3) is 0 Å². The van der Waals surface area contributed by atoms with Gasteiger partial charge in [0.1, 0.15) is 0 Å². The van der Waals surface area contributed by atoms with Crippen LogP contribution in [0.1, 0.15) is 26.2 Å². The lowest BCUT2D eigenvalue weighted by Gasteiger charge is -2.32. The van der Waals surface area contributed by atoms with Crippen LogP contribution in [0.15, 0.2) is 0 Å². The van der Waals surface area contributed by atoms with Crippen LogP contribution >= 0.6 is 0 Å². The minimum Gasteiger partial charge on any atom is -0.306 e. The Kier molecular flexibility index (Phi) is 5.07. The molecule has 0 amide bonds. The Bertz CT molecular complexity index is 213. The van der Waals surface area contributed by atoms with Gasteiger partial charge in [0.05, 0.1) is 12.1 Å². The predicted octanol–water partition coefficient (Wildman–Crippen LogP) is 1.56. The molecule has 0 aromatic carbocycles. The predicted molar refractivity (Wildman–Crippen MR) is 62.5 cm³/mol. The van der Waals surface area contributed by atoms with Crippen LogP contribution in [0.25, 0.3) is 0 Å². The lowest BCUT2D eigenvalue weighted by atomic mass is 9.96. The summed E-state index contributed by atoms with van der Waals surface area (Å²) in [4.78, 5) is 4.61. The van der Waals surface area contributed by atoms with Gasteiger partial charge in [-0.05, 0) is 52.4 Å². The minimum absolute atomic E-state index is 0.102. The molecule has 0 aromatic heterocycles. The van der Waals surface area contributed by atoms with Crippen molar-refractivity contribution in [2.75, 3.05) is 33.7 Å². The van der Waals surface area contributed by atoms with E-state index in [0.29, 0.717) is 0 Å². The van der Waals surface area contributed by atoms with Gasteiger partial charge in [-0.2, -0.15) is 5.26 Å². The first-order valence-electron chi connectivity index (χ1n) is 5.95. The highest BCUT2D eigenvalue weighted by Crippen LogP contribution is 2.17. The fourth-order valence-corrected chi connectivity index (χ4v) is 2.28. The molecular weight excluding hydrogens is 186 g/mol. The Labute approximate surface area is 93.7 Å². The van der Waals surface area contributed by atoms with E-state index in [1.807, 2.05) is 0 Å². The van der Waals surface area contributed by atoms with Crippen LogP contribution < -0.4 is 0 Å². The molecule has 0 aliphatic carbocycles. The molecule has 0 spiro atoms. The van der Waals surface area contributed by atoms with E-state index in [1.54, 1.807) is 0 Å². The van der Waals surface area contributed by atoms with Crippen molar-refractivity contribution in [1.29, 1.82) is 5.26 Å². The summed E-state index contributed by atoms with van der Waals surface area (Å²) in [5.41, 5.74) is 0. The number of nitrogens with zero attached hydrogens (tertiary/aromatic N) is 3. The normalized spacial score (nSPS) is 21.5. The molecule has 15 heavy (non-hydrogen) atoms. The van der Waals surface area contributed by atoms with Gasteiger partial charge in [0.2, 0.25) is 0 Å². The zero-order valence-corrected chi connectivity index (χ0v) is 10.2. The van der Waals surface area contributed by atoms with Gasteiger partial charge in [-0.3, -0.25) is 4.90 Å². The average Bonchev–Trinajstić information content (AvgIpc) is 2.23. The highest BCUT2D eigenvalue weighted by molar-refractivity contribution is 4.90. The van der Waals surface area contributed by atoms with Gasteiger partial charge in [0, 0.05) is 6.54 Å². The summed E-state index contributed by atoms with van der Waals surface area (Å²) in [5, 5.41) is 8.97. The highest BCUT2D eigenvalue weighted by atomic mass is 15.1. The third-order valence-corrected chi connectivity index (χ3v) is 3.45. The van der Waals surface area contributed by atoms with Crippen molar-refractivity contribution in [3.8, 4) is 6.07 Å². The zero-order chi connectivity index (χ0) is 11.3. The van der Waals surface area contributed by atoms with E-state index < -0.39 is 0 Å². The van der Waals surface area contributed by atoms with E-state index in [9.17, 15) is 0 Å². The molecule has 1 atom stereocenters. The quantitative estimate of drug-likeness (QED) is 0.704. The van der Waals surface area contributed by atoms with Gasteiger partial charge < -0.3 is 4.90 Å². The molecule has 86 valence electrons. The Hall–Kier alpha value is -0.590. The van der Waals surface area contributed by atoms with E-state index in [1.165, 1.54) is 25.9 Å². The minimum atomic E-state index is 0.102. The molecule has 1 fully saturated rings. The molecular formula is C12H23N3. The monoisotopic (exact) mass is 209 g/mol. The van der Waals surface area contributed by atoms with Gasteiger partial charge in [-0.1, -0.05) is 6.92 Å². The molecule has 1 aliphatic rings. The molecule has 3 heteroatoms. The van der Waals surface area contributed by atoms with Gasteiger partial charge in [0.15, 0.2) is 0 Å². The number of likely N-dealkylation sites (tertiary alicyclic amines) is 1. The van der Waals surface area contributed by atoms with Crippen molar-refractivity contribution in [3.05, 3.63) is 0 Å². The second-order valence-corrected chi connectivity index (χ2v) is 4.74. The Morgan fingerprint density at radius 2 is 2.07 bits per heavy atom. The first kappa shape index (κ1) is 12.5. The summed E-state index contributed by atoms with van der Waals surface area (Å²) >= 11 is 0. The van der Waals surface area contributed by atoms with Crippen molar-refractivity contribution in [2.24, 2.45) is 5.92 Å². The van der Waals surface area contributed by atoms with Crippen LogP contribution in [0.2, 0.25) is 0 Å². The first-order valence-corrected chi connectivity index (χ1v) is 5.95. The Balaban J connectivity index is 2.32. The lowest BCUT2D eigenvalue weighted by Crippen LogP contribution is -2.39. The number of piperidine rings is 1. The molecule has 0 N–H and O–H groups in total. The fraction of sp³-hybridized carbons (Fsp3) is 0.917. The van der Waals surface area contributed by atoms with Crippen LogP contribution in [-0.4, -0.2) is 49.6 Å². The molecule has 3 nitrogen and oxygen atoms in total. The number of hydrogen-bond acceptors (Lipinski definition) is 3. The summed E-state index contributed by atoms with van der Waals surface area (Å²) in [6.07, 6.45) is 3.49. The second kappa shape index (κ2) is 6.09. The molecule has 1 heterocycles. The zero-order valence-electron chi connectivity index (χ0n) is 10.2. The topological polar surface area (TPSA) is 30.3 Å². The van der Waals surface area contributed by atoms with Crippen LogP contribution in [0.3, 0.4) is 0 Å². The van der Waals surface area contributed by atoms with Crippen molar-refractivity contribution >= 4 is 0 Å². The molecule has 1 unspecified atom stereocenters. The van der Waals surface area contributed by atoms with Crippen molar-refractivity contribution < 1.29 is 0 Å². The van der Waals surface area contributed by atoms with E-state index in [0.717, 1.165) is 18.9 Å². The van der Waals surface area contributed by atoms with Crippen LogP contribution in [-0.2, 0) is 0 Å². The molecule has 1 saturated heterocycles. The Morgan fingerprint density at radius 1 is 1.47 bits per heavy atom. The Morgan fingerprint density at radius 3 is 2.53 bits per heavy atom. The molecule has 0 aromatic rings. The van der Waals surface area contributed by atoms with Crippen LogP contribution in [0.5, 0.6) is 0 Å². The third kappa shape index (κ3) is 3.81. The summed E-state index contributed by atoms with van der Waals surface area (Å²) in [5.74, 6) is 0.786. The van der Waals surface area contributed by atoms with Crippen molar-refractivity contribution in [3.63, 3.8) is 0 Å². The second-order valence-electron chi connectivity index (χ2n) is 4.74. The van der Waals surface area contributed by atoms with Crippen molar-refractivity contribution in [1.82, 2.24) is 9.80 Å². The molecule has 0 radical (unpaired) electrons. The molecule has 0 saturated carbocycles. The number of nitriles is 1. The maximum atomic E-state index is 8.97. The van der Waals surface area contributed by atoms with E-state index in [2.05, 4.69) is 36.9 Å². The van der Waals surface area contributed by atoms with E-state index >= 15 is 0 Å². The maximum absolute atomic E-state index is 8.97. The molecule has 0 bridgehead atoms. The highest BCUT2D eigenvalue weighted by Gasteiger charge is 2.20. The third-order valence-electron chi connectivity index (χ3n) is 3.45. The van der Waals surface area contributed by atoms with Crippen LogP contribution in [0, 0.1) is 17.2 Å². The maximum Gasteiger partial charge on any atom is 0.0972 e. The van der Waals surface area contributed by atoms with Gasteiger partial charge in [-0.15, -0.1) is 0 Å². The van der Waals surface area contributed by atoms with Crippen LogP contribution in [0.4, 0.5) is 0 Å². The number of hydrogen-bond donors (Lipinski definition) is 0.